The summed E-state index contributed by atoms with van der Waals surface area (Å²) in [5, 5.41) is 0.712. The molecule has 0 fully saturated rings. The molecule has 78 valence electrons. The highest BCUT2D eigenvalue weighted by Gasteiger charge is 2.10. The first-order valence-electron chi connectivity index (χ1n) is 4.25. The van der Waals surface area contributed by atoms with Gasteiger partial charge < -0.3 is 10.5 Å². The predicted molar refractivity (Wildman–Crippen MR) is 66.2 cm³/mol. The van der Waals surface area contributed by atoms with E-state index >= 15 is 0 Å². The molecule has 2 aromatic rings. The fourth-order valence-electron chi connectivity index (χ4n) is 1.27. The van der Waals surface area contributed by atoms with Crippen molar-refractivity contribution >= 4 is 32.3 Å². The minimum atomic E-state index is 0.712. The number of hydrogen-bond donors (Lipinski definition) is 1. The van der Waals surface area contributed by atoms with Crippen LogP contribution < -0.4 is 10.5 Å². The average molecular weight is 285 g/mol. The van der Waals surface area contributed by atoms with E-state index in [2.05, 4.69) is 20.9 Å². The summed E-state index contributed by atoms with van der Waals surface area (Å²) in [5.41, 5.74) is 9.31. The van der Waals surface area contributed by atoms with E-state index < -0.39 is 0 Å². The number of methoxy groups -OCH3 is 1. The minimum Gasteiger partial charge on any atom is -0.497 e. The van der Waals surface area contributed by atoms with Crippen LogP contribution >= 0.6 is 27.3 Å². The number of hydrogen-bond acceptors (Lipinski definition) is 4. The Hall–Kier alpha value is -1.07. The van der Waals surface area contributed by atoms with Crippen molar-refractivity contribution in [1.82, 2.24) is 4.98 Å². The molecule has 0 aliphatic carbocycles. The van der Waals surface area contributed by atoms with E-state index in [1.807, 2.05) is 18.2 Å². The van der Waals surface area contributed by atoms with Crippen LogP contribution in [0.5, 0.6) is 5.75 Å². The molecular weight excluding hydrogens is 276 g/mol. The Balaban J connectivity index is 2.56. The Morgan fingerprint density at radius 1 is 1.47 bits per heavy atom. The third-order valence-electron chi connectivity index (χ3n) is 2.02. The van der Waals surface area contributed by atoms with Gasteiger partial charge in [-0.25, -0.2) is 4.98 Å². The molecule has 0 saturated carbocycles. The molecule has 2 N–H and O–H groups in total. The Kier molecular flexibility index (Phi) is 2.93. The summed E-state index contributed by atoms with van der Waals surface area (Å²) in [6.45, 7) is 0. The number of halogens is 1. The van der Waals surface area contributed by atoms with Gasteiger partial charge in [-0.3, -0.25) is 0 Å². The number of anilines is 1. The zero-order chi connectivity index (χ0) is 10.8. The number of nitrogen functional groups attached to an aromatic ring is 1. The Labute approximate surface area is 100 Å². The highest BCUT2D eigenvalue weighted by Crippen LogP contribution is 2.35. The molecule has 1 aromatic heterocycles. The van der Waals surface area contributed by atoms with Crippen LogP contribution in [-0.4, -0.2) is 12.1 Å². The van der Waals surface area contributed by atoms with E-state index in [1.165, 1.54) is 11.3 Å². The summed E-state index contributed by atoms with van der Waals surface area (Å²) >= 11 is 4.90. The van der Waals surface area contributed by atoms with Gasteiger partial charge in [0.05, 0.1) is 12.6 Å². The second-order valence-corrected chi connectivity index (χ2v) is 4.65. The Bertz CT molecular complexity index is 484. The SMILES string of the molecule is COc1ccc(Br)c(-c2ncsc2N)c1. The predicted octanol–water partition coefficient (Wildman–Crippen LogP) is 3.16. The molecule has 0 amide bonds. The van der Waals surface area contributed by atoms with E-state index in [0.717, 1.165) is 21.5 Å². The minimum absolute atomic E-state index is 0.712. The maximum absolute atomic E-state index is 5.83. The van der Waals surface area contributed by atoms with E-state index in [1.54, 1.807) is 12.6 Å². The normalized spacial score (nSPS) is 10.3. The van der Waals surface area contributed by atoms with Gasteiger partial charge in [0.25, 0.3) is 0 Å². The van der Waals surface area contributed by atoms with Gasteiger partial charge in [0.2, 0.25) is 0 Å². The fraction of sp³-hybridized carbons (Fsp3) is 0.100. The van der Waals surface area contributed by atoms with Gasteiger partial charge in [-0.15, -0.1) is 11.3 Å². The first kappa shape index (κ1) is 10.4. The molecule has 0 atom stereocenters. The lowest BCUT2D eigenvalue weighted by Gasteiger charge is -2.05. The van der Waals surface area contributed by atoms with Crippen LogP contribution in [-0.2, 0) is 0 Å². The standard InChI is InChI=1S/C10H9BrN2OS/c1-14-6-2-3-8(11)7(4-6)9-10(12)15-5-13-9/h2-5H,12H2,1H3. The first-order valence-corrected chi connectivity index (χ1v) is 5.92. The fourth-order valence-corrected chi connectivity index (χ4v) is 2.25. The highest BCUT2D eigenvalue weighted by molar-refractivity contribution is 9.10. The third kappa shape index (κ3) is 1.98. The number of nitrogens with two attached hydrogens (primary N) is 1. The molecule has 3 nitrogen and oxygen atoms in total. The summed E-state index contributed by atoms with van der Waals surface area (Å²) in [5.74, 6) is 0.792. The lowest BCUT2D eigenvalue weighted by molar-refractivity contribution is 0.415. The monoisotopic (exact) mass is 284 g/mol. The van der Waals surface area contributed by atoms with Gasteiger partial charge in [-0.2, -0.15) is 0 Å². The maximum Gasteiger partial charge on any atom is 0.119 e. The van der Waals surface area contributed by atoms with E-state index in [0.29, 0.717) is 5.00 Å². The zero-order valence-corrected chi connectivity index (χ0v) is 10.4. The van der Waals surface area contributed by atoms with Crippen molar-refractivity contribution in [3.63, 3.8) is 0 Å². The van der Waals surface area contributed by atoms with Crippen LogP contribution in [0.3, 0.4) is 0 Å². The largest absolute Gasteiger partial charge is 0.497 e. The van der Waals surface area contributed by atoms with Crippen LogP contribution in [0.2, 0.25) is 0 Å². The van der Waals surface area contributed by atoms with Crippen molar-refractivity contribution in [2.75, 3.05) is 12.8 Å². The lowest BCUT2D eigenvalue weighted by atomic mass is 10.1. The van der Waals surface area contributed by atoms with Gasteiger partial charge in [0.15, 0.2) is 0 Å². The molecule has 2 rings (SSSR count). The number of benzene rings is 1. The van der Waals surface area contributed by atoms with Crippen LogP contribution in [0.15, 0.2) is 28.2 Å². The highest BCUT2D eigenvalue weighted by atomic mass is 79.9. The smallest absolute Gasteiger partial charge is 0.119 e. The van der Waals surface area contributed by atoms with E-state index in [9.17, 15) is 0 Å². The van der Waals surface area contributed by atoms with Gasteiger partial charge in [-0.05, 0) is 18.2 Å². The van der Waals surface area contributed by atoms with E-state index in [4.69, 9.17) is 10.5 Å². The van der Waals surface area contributed by atoms with E-state index in [-0.39, 0.29) is 0 Å². The average Bonchev–Trinajstić information content (AvgIpc) is 2.65. The quantitative estimate of drug-likeness (QED) is 0.922. The van der Waals surface area contributed by atoms with Crippen LogP contribution in [0.4, 0.5) is 5.00 Å². The van der Waals surface area contributed by atoms with Crippen molar-refractivity contribution in [1.29, 1.82) is 0 Å². The molecule has 5 heteroatoms. The first-order chi connectivity index (χ1) is 7.22. The zero-order valence-electron chi connectivity index (χ0n) is 8.03. The number of thiazole rings is 1. The third-order valence-corrected chi connectivity index (χ3v) is 3.37. The number of ether oxygens (including phenoxy) is 1. The Morgan fingerprint density at radius 2 is 2.27 bits per heavy atom. The second kappa shape index (κ2) is 4.20. The summed E-state index contributed by atoms with van der Waals surface area (Å²) in [4.78, 5) is 4.23. The number of nitrogens with zero attached hydrogens (tertiary/aromatic N) is 1. The summed E-state index contributed by atoms with van der Waals surface area (Å²) in [6, 6.07) is 5.72. The topological polar surface area (TPSA) is 48.1 Å². The second-order valence-electron chi connectivity index (χ2n) is 2.91. The molecular formula is C10H9BrN2OS. The van der Waals surface area contributed by atoms with Gasteiger partial charge in [-0.1, -0.05) is 15.9 Å². The van der Waals surface area contributed by atoms with Crippen LogP contribution in [0, 0.1) is 0 Å². The molecule has 0 unspecified atom stereocenters. The summed E-state index contributed by atoms with van der Waals surface area (Å²) < 4.78 is 6.12. The van der Waals surface area contributed by atoms with Crippen molar-refractivity contribution < 1.29 is 4.74 Å². The van der Waals surface area contributed by atoms with Crippen molar-refractivity contribution in [2.24, 2.45) is 0 Å². The lowest BCUT2D eigenvalue weighted by Crippen LogP contribution is -1.89. The number of rotatable bonds is 2. The van der Waals surface area contributed by atoms with Crippen molar-refractivity contribution in [2.45, 2.75) is 0 Å². The molecule has 0 aliphatic rings. The van der Waals surface area contributed by atoms with Gasteiger partial charge in [0, 0.05) is 10.0 Å². The molecule has 0 bridgehead atoms. The van der Waals surface area contributed by atoms with Crippen molar-refractivity contribution in [3.05, 3.63) is 28.2 Å². The van der Waals surface area contributed by atoms with Crippen LogP contribution in [0.25, 0.3) is 11.3 Å². The Morgan fingerprint density at radius 3 is 2.87 bits per heavy atom. The summed E-state index contributed by atoms with van der Waals surface area (Å²) in [6.07, 6.45) is 0. The van der Waals surface area contributed by atoms with Gasteiger partial charge in [0.1, 0.15) is 16.4 Å². The summed E-state index contributed by atoms with van der Waals surface area (Å²) in [7, 11) is 1.64. The van der Waals surface area contributed by atoms with Crippen molar-refractivity contribution in [3.8, 4) is 17.0 Å². The molecule has 0 aliphatic heterocycles. The molecule has 0 spiro atoms. The molecule has 0 saturated heterocycles. The number of aromatic nitrogens is 1. The molecule has 15 heavy (non-hydrogen) atoms. The maximum atomic E-state index is 5.83. The molecule has 1 aromatic carbocycles. The molecule has 0 radical (unpaired) electrons. The molecule has 1 heterocycles. The van der Waals surface area contributed by atoms with Gasteiger partial charge >= 0.3 is 0 Å². The van der Waals surface area contributed by atoms with Crippen LogP contribution in [0.1, 0.15) is 0 Å².